The van der Waals surface area contributed by atoms with Gasteiger partial charge in [0.15, 0.2) is 6.10 Å². The van der Waals surface area contributed by atoms with Crippen LogP contribution in [0.3, 0.4) is 0 Å². The summed E-state index contributed by atoms with van der Waals surface area (Å²) in [5.74, 6) is 1.23. The highest BCUT2D eigenvalue weighted by Crippen LogP contribution is 2.33. The molecule has 2 aliphatic rings. The number of fused-ring (bicyclic) bond motifs is 2. The zero-order valence-electron chi connectivity index (χ0n) is 19.0. The monoisotopic (exact) mass is 462 g/mol. The van der Waals surface area contributed by atoms with Gasteiger partial charge in [0.2, 0.25) is 0 Å². The van der Waals surface area contributed by atoms with E-state index in [9.17, 15) is 9.59 Å². The molecule has 0 saturated carbocycles. The Labute approximate surface area is 197 Å². The Balaban J connectivity index is 1.17. The molecule has 2 aliphatic heterocycles. The topological polar surface area (TPSA) is 102 Å². The van der Waals surface area contributed by atoms with Crippen LogP contribution in [0.1, 0.15) is 25.0 Å². The fraction of sp³-hybridized carbons (Fsp3) is 0.320. The van der Waals surface area contributed by atoms with Crippen molar-refractivity contribution in [3.05, 3.63) is 54.2 Å². The number of methoxy groups -OCH3 is 1. The van der Waals surface area contributed by atoms with Gasteiger partial charge in [0.05, 0.1) is 24.9 Å². The molecular weight excluding hydrogens is 436 g/mol. The first kappa shape index (κ1) is 21.8. The third kappa shape index (κ3) is 4.28. The lowest BCUT2D eigenvalue weighted by atomic mass is 10.0. The van der Waals surface area contributed by atoms with Crippen molar-refractivity contribution in [2.24, 2.45) is 0 Å². The molecule has 1 saturated heterocycles. The summed E-state index contributed by atoms with van der Waals surface area (Å²) in [5, 5.41) is 7.09. The van der Waals surface area contributed by atoms with E-state index in [1.165, 1.54) is 0 Å². The second kappa shape index (κ2) is 9.09. The maximum atomic E-state index is 12.5. The maximum absolute atomic E-state index is 12.5. The number of ether oxygens (including phenoxy) is 3. The molecule has 9 heteroatoms. The standard InChI is InChI=1S/C25H26N4O5/c1-15-24(30)28-21-12-16(4-7-22(21)33-15)26-9-3-11-29-14-23(34-25(29)31)18-8-10-27-20-6-5-17(32-2)13-19(18)20/h4-8,10,12-13,15,23,26H,3,9,11,14H2,1-2H3,(H,28,30). The van der Waals surface area contributed by atoms with Gasteiger partial charge in [-0.2, -0.15) is 0 Å². The molecule has 34 heavy (non-hydrogen) atoms. The highest BCUT2D eigenvalue weighted by Gasteiger charge is 2.33. The van der Waals surface area contributed by atoms with Crippen LogP contribution in [-0.4, -0.2) is 54.7 Å². The van der Waals surface area contributed by atoms with Crippen LogP contribution < -0.4 is 20.1 Å². The first-order valence-corrected chi connectivity index (χ1v) is 11.3. The number of nitrogens with one attached hydrogen (secondary N) is 2. The molecule has 2 atom stereocenters. The molecule has 1 fully saturated rings. The van der Waals surface area contributed by atoms with Gasteiger partial charge in [-0.25, -0.2) is 4.79 Å². The Morgan fingerprint density at radius 3 is 2.91 bits per heavy atom. The number of carbonyl (C=O) groups excluding carboxylic acids is 2. The van der Waals surface area contributed by atoms with Crippen LogP contribution >= 0.6 is 0 Å². The summed E-state index contributed by atoms with van der Waals surface area (Å²) in [7, 11) is 1.62. The van der Waals surface area contributed by atoms with Gasteiger partial charge < -0.3 is 29.7 Å². The zero-order chi connectivity index (χ0) is 23.7. The summed E-state index contributed by atoms with van der Waals surface area (Å²) < 4.78 is 16.6. The molecule has 3 aromatic rings. The van der Waals surface area contributed by atoms with Crippen LogP contribution in [0.25, 0.3) is 10.9 Å². The minimum absolute atomic E-state index is 0.160. The molecule has 3 heterocycles. The quantitative estimate of drug-likeness (QED) is 0.513. The van der Waals surface area contributed by atoms with E-state index in [0.29, 0.717) is 31.1 Å². The van der Waals surface area contributed by atoms with Crippen molar-refractivity contribution in [3.8, 4) is 11.5 Å². The van der Waals surface area contributed by atoms with Gasteiger partial charge in [0.1, 0.15) is 17.6 Å². The van der Waals surface area contributed by atoms with Gasteiger partial charge in [0.25, 0.3) is 5.91 Å². The number of aromatic nitrogens is 1. The second-order valence-corrected chi connectivity index (χ2v) is 8.34. The Bertz CT molecular complexity index is 1250. The van der Waals surface area contributed by atoms with Crippen molar-refractivity contribution < 1.29 is 23.8 Å². The van der Waals surface area contributed by atoms with E-state index in [-0.39, 0.29) is 18.1 Å². The van der Waals surface area contributed by atoms with Crippen molar-refractivity contribution in [1.29, 1.82) is 0 Å². The van der Waals surface area contributed by atoms with E-state index in [0.717, 1.165) is 34.3 Å². The molecule has 9 nitrogen and oxygen atoms in total. The smallest absolute Gasteiger partial charge is 0.410 e. The predicted octanol–water partition coefficient (Wildman–Crippen LogP) is 3.96. The normalized spacial score (nSPS) is 19.3. The average Bonchev–Trinajstić information content (AvgIpc) is 3.22. The molecule has 1 aromatic heterocycles. The fourth-order valence-corrected chi connectivity index (χ4v) is 4.23. The van der Waals surface area contributed by atoms with Crippen molar-refractivity contribution in [3.63, 3.8) is 0 Å². The lowest BCUT2D eigenvalue weighted by Gasteiger charge is -2.23. The van der Waals surface area contributed by atoms with E-state index >= 15 is 0 Å². The summed E-state index contributed by atoms with van der Waals surface area (Å²) in [4.78, 5) is 30.4. The van der Waals surface area contributed by atoms with Gasteiger partial charge in [-0.05, 0) is 55.8 Å². The largest absolute Gasteiger partial charge is 0.497 e. The van der Waals surface area contributed by atoms with Crippen LogP contribution in [-0.2, 0) is 9.53 Å². The maximum Gasteiger partial charge on any atom is 0.410 e. The van der Waals surface area contributed by atoms with Crippen LogP contribution in [0.5, 0.6) is 11.5 Å². The highest BCUT2D eigenvalue weighted by molar-refractivity contribution is 5.98. The minimum Gasteiger partial charge on any atom is -0.497 e. The lowest BCUT2D eigenvalue weighted by Crippen LogP contribution is -2.34. The van der Waals surface area contributed by atoms with Gasteiger partial charge in [0, 0.05) is 35.9 Å². The molecule has 176 valence electrons. The Morgan fingerprint density at radius 1 is 1.18 bits per heavy atom. The molecular formula is C25H26N4O5. The van der Waals surface area contributed by atoms with Crippen molar-refractivity contribution in [2.75, 3.05) is 37.4 Å². The highest BCUT2D eigenvalue weighted by atomic mass is 16.6. The van der Waals surface area contributed by atoms with E-state index in [1.54, 1.807) is 25.1 Å². The molecule has 0 radical (unpaired) electrons. The SMILES string of the molecule is COc1ccc2nccc(C3CN(CCCNc4ccc5c(c4)NC(=O)C(C)O5)C(=O)O3)c2c1. The molecule has 0 bridgehead atoms. The average molecular weight is 463 g/mol. The van der Waals surface area contributed by atoms with Gasteiger partial charge >= 0.3 is 6.09 Å². The van der Waals surface area contributed by atoms with Crippen LogP contribution in [0.15, 0.2) is 48.7 Å². The number of cyclic esters (lactones) is 1. The molecule has 2 unspecified atom stereocenters. The first-order chi connectivity index (χ1) is 16.5. The predicted molar refractivity (Wildman–Crippen MR) is 127 cm³/mol. The molecule has 0 spiro atoms. The van der Waals surface area contributed by atoms with Crippen LogP contribution in [0, 0.1) is 0 Å². The Morgan fingerprint density at radius 2 is 2.06 bits per heavy atom. The van der Waals surface area contributed by atoms with Crippen molar-refractivity contribution >= 4 is 34.3 Å². The van der Waals surface area contributed by atoms with Crippen molar-refractivity contribution in [2.45, 2.75) is 25.6 Å². The second-order valence-electron chi connectivity index (χ2n) is 8.34. The number of carbonyl (C=O) groups is 2. The lowest BCUT2D eigenvalue weighted by molar-refractivity contribution is -0.122. The zero-order valence-corrected chi connectivity index (χ0v) is 19.0. The van der Waals surface area contributed by atoms with Crippen LogP contribution in [0.4, 0.5) is 16.2 Å². The van der Waals surface area contributed by atoms with Crippen LogP contribution in [0.2, 0.25) is 0 Å². The number of hydrogen-bond donors (Lipinski definition) is 2. The summed E-state index contributed by atoms with van der Waals surface area (Å²) >= 11 is 0. The third-order valence-corrected chi connectivity index (χ3v) is 6.06. The summed E-state index contributed by atoms with van der Waals surface area (Å²) in [6.45, 7) is 3.42. The van der Waals surface area contributed by atoms with Crippen molar-refractivity contribution in [1.82, 2.24) is 9.88 Å². The Kier molecular flexibility index (Phi) is 5.83. The van der Waals surface area contributed by atoms with E-state index in [2.05, 4.69) is 15.6 Å². The van der Waals surface area contributed by atoms with E-state index in [1.807, 2.05) is 42.5 Å². The summed E-state index contributed by atoms with van der Waals surface area (Å²) in [6.07, 6.45) is 1.30. The van der Waals surface area contributed by atoms with Gasteiger partial charge in [-0.15, -0.1) is 0 Å². The molecule has 0 aliphatic carbocycles. The van der Waals surface area contributed by atoms with Gasteiger partial charge in [-0.3, -0.25) is 9.78 Å². The first-order valence-electron chi connectivity index (χ1n) is 11.3. The number of hydrogen-bond acceptors (Lipinski definition) is 7. The number of nitrogens with zero attached hydrogens (tertiary/aromatic N) is 2. The van der Waals surface area contributed by atoms with E-state index < -0.39 is 6.10 Å². The van der Waals surface area contributed by atoms with Gasteiger partial charge in [-0.1, -0.05) is 0 Å². The van der Waals surface area contributed by atoms with E-state index in [4.69, 9.17) is 14.2 Å². The molecule has 2 aromatic carbocycles. The summed E-state index contributed by atoms with van der Waals surface area (Å²) in [6, 6.07) is 13.2. The fourth-order valence-electron chi connectivity index (χ4n) is 4.23. The minimum atomic E-state index is -0.498. The summed E-state index contributed by atoms with van der Waals surface area (Å²) in [5.41, 5.74) is 3.28. The molecule has 2 N–H and O–H groups in total. The Hall–Kier alpha value is -4.01. The third-order valence-electron chi connectivity index (χ3n) is 6.06. The number of benzene rings is 2. The molecule has 5 rings (SSSR count). The number of anilines is 2. The number of amides is 2. The number of pyridine rings is 1. The number of rotatable bonds is 7. The molecule has 2 amide bonds.